The molecule has 6 nitrogen and oxygen atoms in total. The van der Waals surface area contributed by atoms with Crippen molar-refractivity contribution >= 4 is 17.9 Å². The second-order valence-electron chi connectivity index (χ2n) is 6.27. The second kappa shape index (κ2) is 10.5. The van der Waals surface area contributed by atoms with Gasteiger partial charge in [0.05, 0.1) is 6.21 Å². The molecule has 0 unspecified atom stereocenters. The van der Waals surface area contributed by atoms with Crippen molar-refractivity contribution in [3.05, 3.63) is 90.0 Å². The van der Waals surface area contributed by atoms with E-state index in [0.29, 0.717) is 18.9 Å². The van der Waals surface area contributed by atoms with Crippen molar-refractivity contribution in [1.29, 1.82) is 0 Å². The highest BCUT2D eigenvalue weighted by atomic mass is 16.5. The molecule has 0 radical (unpaired) electrons. The van der Waals surface area contributed by atoms with Gasteiger partial charge in [-0.15, -0.1) is 0 Å². The Morgan fingerprint density at radius 3 is 2.07 bits per heavy atom. The van der Waals surface area contributed by atoms with Crippen molar-refractivity contribution in [2.24, 2.45) is 5.10 Å². The van der Waals surface area contributed by atoms with Crippen LogP contribution in [0.2, 0.25) is 0 Å². The number of ether oxygens (including phenoxy) is 2. The molecule has 0 spiro atoms. The molecule has 6 heteroatoms. The minimum absolute atomic E-state index is 0.402. The number of aryl methyl sites for hydroxylation is 1. The SMILES string of the molecule is Cc1ccc(OCCOc2ccc(/C=N\NC(=O)Nc3ccccc3)cc2)cc1. The Morgan fingerprint density at radius 1 is 0.862 bits per heavy atom. The first kappa shape index (κ1) is 19.9. The van der Waals surface area contributed by atoms with E-state index in [4.69, 9.17) is 9.47 Å². The number of nitrogens with zero attached hydrogens (tertiary/aromatic N) is 1. The first-order valence-corrected chi connectivity index (χ1v) is 9.26. The maximum absolute atomic E-state index is 11.8. The first-order chi connectivity index (χ1) is 14.2. The van der Waals surface area contributed by atoms with Gasteiger partial charge < -0.3 is 14.8 Å². The highest BCUT2D eigenvalue weighted by molar-refractivity contribution is 5.90. The van der Waals surface area contributed by atoms with E-state index in [1.165, 1.54) is 5.56 Å². The van der Waals surface area contributed by atoms with Crippen LogP contribution in [0.3, 0.4) is 0 Å². The fourth-order valence-corrected chi connectivity index (χ4v) is 2.45. The smallest absolute Gasteiger partial charge is 0.339 e. The lowest BCUT2D eigenvalue weighted by atomic mass is 10.2. The van der Waals surface area contributed by atoms with E-state index in [1.807, 2.05) is 73.7 Å². The van der Waals surface area contributed by atoms with E-state index in [0.717, 1.165) is 17.1 Å². The summed E-state index contributed by atoms with van der Waals surface area (Å²) in [6.07, 6.45) is 1.56. The molecule has 0 heterocycles. The van der Waals surface area contributed by atoms with Gasteiger partial charge in [0.2, 0.25) is 0 Å². The number of carbonyl (C=O) groups is 1. The summed E-state index contributed by atoms with van der Waals surface area (Å²) in [6, 6.07) is 24.1. The number of urea groups is 1. The van der Waals surface area contributed by atoms with Gasteiger partial charge in [0.1, 0.15) is 24.7 Å². The van der Waals surface area contributed by atoms with Crippen molar-refractivity contribution < 1.29 is 14.3 Å². The fourth-order valence-electron chi connectivity index (χ4n) is 2.45. The fraction of sp³-hybridized carbons (Fsp3) is 0.130. The lowest BCUT2D eigenvalue weighted by Crippen LogP contribution is -2.24. The highest BCUT2D eigenvalue weighted by Crippen LogP contribution is 2.13. The van der Waals surface area contributed by atoms with Crippen LogP contribution in [0.25, 0.3) is 0 Å². The normalized spacial score (nSPS) is 10.5. The van der Waals surface area contributed by atoms with E-state index in [-0.39, 0.29) is 0 Å². The lowest BCUT2D eigenvalue weighted by Gasteiger charge is -2.08. The Labute approximate surface area is 170 Å². The van der Waals surface area contributed by atoms with E-state index in [2.05, 4.69) is 15.8 Å². The number of benzene rings is 3. The molecule has 148 valence electrons. The van der Waals surface area contributed by atoms with Crippen LogP contribution in [0.5, 0.6) is 11.5 Å². The molecule has 0 saturated carbocycles. The third-order valence-electron chi connectivity index (χ3n) is 3.93. The van der Waals surface area contributed by atoms with Crippen LogP contribution in [0.1, 0.15) is 11.1 Å². The molecule has 2 amide bonds. The number of carbonyl (C=O) groups excluding carboxylic acids is 1. The van der Waals surface area contributed by atoms with Gasteiger partial charge in [0, 0.05) is 5.69 Å². The molecule has 0 aromatic heterocycles. The average Bonchev–Trinajstić information content (AvgIpc) is 2.74. The highest BCUT2D eigenvalue weighted by Gasteiger charge is 1.99. The average molecular weight is 389 g/mol. The number of amides is 2. The minimum atomic E-state index is -0.402. The summed E-state index contributed by atoms with van der Waals surface area (Å²) < 4.78 is 11.3. The van der Waals surface area contributed by atoms with Gasteiger partial charge in [0.25, 0.3) is 0 Å². The molecule has 0 fully saturated rings. The van der Waals surface area contributed by atoms with E-state index in [1.54, 1.807) is 18.3 Å². The third kappa shape index (κ3) is 7.03. The monoisotopic (exact) mass is 389 g/mol. The second-order valence-corrected chi connectivity index (χ2v) is 6.27. The lowest BCUT2D eigenvalue weighted by molar-refractivity contribution is 0.217. The van der Waals surface area contributed by atoms with Crippen molar-refractivity contribution in [1.82, 2.24) is 5.43 Å². The molecule has 0 aliphatic heterocycles. The Balaban J connectivity index is 1.37. The van der Waals surface area contributed by atoms with Crippen molar-refractivity contribution in [2.45, 2.75) is 6.92 Å². The maximum atomic E-state index is 11.8. The van der Waals surface area contributed by atoms with Crippen molar-refractivity contribution in [2.75, 3.05) is 18.5 Å². The Hall–Kier alpha value is -3.80. The maximum Gasteiger partial charge on any atom is 0.339 e. The van der Waals surface area contributed by atoms with Crippen LogP contribution in [-0.2, 0) is 0 Å². The van der Waals surface area contributed by atoms with E-state index >= 15 is 0 Å². The first-order valence-electron chi connectivity index (χ1n) is 9.26. The third-order valence-corrected chi connectivity index (χ3v) is 3.93. The van der Waals surface area contributed by atoms with E-state index in [9.17, 15) is 4.79 Å². The minimum Gasteiger partial charge on any atom is -0.490 e. The molecule has 0 aliphatic rings. The van der Waals surface area contributed by atoms with Crippen LogP contribution in [-0.4, -0.2) is 25.5 Å². The summed E-state index contributed by atoms with van der Waals surface area (Å²) in [4.78, 5) is 11.8. The van der Waals surface area contributed by atoms with Crippen LogP contribution in [0.4, 0.5) is 10.5 Å². The quantitative estimate of drug-likeness (QED) is 0.336. The summed E-state index contributed by atoms with van der Waals surface area (Å²) in [5.41, 5.74) is 5.17. The predicted octanol–water partition coefficient (Wildman–Crippen LogP) is 4.61. The van der Waals surface area contributed by atoms with Gasteiger partial charge in [0.15, 0.2) is 0 Å². The molecule has 3 aromatic carbocycles. The Bertz CT molecular complexity index is 924. The number of nitrogens with one attached hydrogen (secondary N) is 2. The molecule has 29 heavy (non-hydrogen) atoms. The van der Waals surface area contributed by atoms with Gasteiger partial charge in [-0.25, -0.2) is 10.2 Å². The van der Waals surface area contributed by atoms with Gasteiger partial charge in [-0.2, -0.15) is 5.10 Å². The number of para-hydroxylation sites is 1. The number of anilines is 1. The summed E-state index contributed by atoms with van der Waals surface area (Å²) in [6.45, 7) is 2.95. The summed E-state index contributed by atoms with van der Waals surface area (Å²) in [7, 11) is 0. The topological polar surface area (TPSA) is 72.0 Å². The molecule has 0 saturated heterocycles. The molecule has 0 atom stereocenters. The molecule has 3 rings (SSSR count). The summed E-state index contributed by atoms with van der Waals surface area (Å²) >= 11 is 0. The van der Waals surface area contributed by atoms with Crippen LogP contribution in [0, 0.1) is 6.92 Å². The van der Waals surface area contributed by atoms with Gasteiger partial charge in [-0.3, -0.25) is 0 Å². The van der Waals surface area contributed by atoms with Crippen molar-refractivity contribution in [3.8, 4) is 11.5 Å². The predicted molar refractivity (Wildman–Crippen MR) is 115 cm³/mol. The molecular formula is C23H23N3O3. The Morgan fingerprint density at radius 2 is 1.45 bits per heavy atom. The molecule has 0 bridgehead atoms. The molecule has 3 aromatic rings. The summed E-state index contributed by atoms with van der Waals surface area (Å²) in [5.74, 6) is 1.57. The zero-order valence-electron chi connectivity index (χ0n) is 16.2. The number of hydrogen-bond donors (Lipinski definition) is 2. The van der Waals surface area contributed by atoms with Crippen molar-refractivity contribution in [3.63, 3.8) is 0 Å². The van der Waals surface area contributed by atoms with Crippen LogP contribution in [0.15, 0.2) is 84.0 Å². The Kier molecular flexibility index (Phi) is 7.23. The zero-order valence-corrected chi connectivity index (χ0v) is 16.2. The van der Waals surface area contributed by atoms with E-state index < -0.39 is 6.03 Å². The van der Waals surface area contributed by atoms with Gasteiger partial charge >= 0.3 is 6.03 Å². The number of rotatable bonds is 8. The summed E-state index contributed by atoms with van der Waals surface area (Å²) in [5, 5.41) is 6.62. The molecular weight excluding hydrogens is 366 g/mol. The molecule has 0 aliphatic carbocycles. The van der Waals surface area contributed by atoms with Gasteiger partial charge in [-0.05, 0) is 61.0 Å². The molecule has 2 N–H and O–H groups in total. The largest absolute Gasteiger partial charge is 0.490 e. The number of hydrazone groups is 1. The van der Waals surface area contributed by atoms with Gasteiger partial charge in [-0.1, -0.05) is 35.9 Å². The van der Waals surface area contributed by atoms with Crippen LogP contribution < -0.4 is 20.2 Å². The van der Waals surface area contributed by atoms with Crippen LogP contribution >= 0.6 is 0 Å². The number of hydrogen-bond acceptors (Lipinski definition) is 4. The zero-order chi connectivity index (χ0) is 20.3. The standard InChI is InChI=1S/C23H23N3O3/c1-18-7-11-21(12-8-18)28-15-16-29-22-13-9-19(10-14-22)17-24-26-23(27)25-20-5-3-2-4-6-20/h2-14,17H,15-16H2,1H3,(H2,25,26,27)/b24-17-.